The van der Waals surface area contributed by atoms with Gasteiger partial charge in [0.05, 0.1) is 12.0 Å². The third kappa shape index (κ3) is 3.47. The highest BCUT2D eigenvalue weighted by Gasteiger charge is 2.31. The minimum Gasteiger partial charge on any atom is -0.378 e. The van der Waals surface area contributed by atoms with Gasteiger partial charge in [-0.2, -0.15) is 0 Å². The fourth-order valence-corrected chi connectivity index (χ4v) is 1.61. The molecule has 4 nitrogen and oxygen atoms in total. The SMILES string of the molecule is CC1OCCC1C(=O)NCC(C)(C)CN. The minimum absolute atomic E-state index is 0.0126. The Labute approximate surface area is 91.5 Å². The molecule has 0 bridgehead atoms. The van der Waals surface area contributed by atoms with E-state index in [9.17, 15) is 4.79 Å². The molecule has 0 aliphatic carbocycles. The molecule has 2 unspecified atom stereocenters. The summed E-state index contributed by atoms with van der Waals surface area (Å²) in [6, 6.07) is 0. The maximum Gasteiger partial charge on any atom is 0.225 e. The zero-order chi connectivity index (χ0) is 11.5. The van der Waals surface area contributed by atoms with Gasteiger partial charge in [0, 0.05) is 13.2 Å². The molecule has 0 aromatic rings. The molecule has 1 saturated heterocycles. The van der Waals surface area contributed by atoms with Crippen molar-refractivity contribution < 1.29 is 9.53 Å². The highest BCUT2D eigenvalue weighted by molar-refractivity contribution is 5.79. The number of carbonyl (C=O) groups excluding carboxylic acids is 1. The lowest BCUT2D eigenvalue weighted by Crippen LogP contribution is -2.42. The Kier molecular flexibility index (Phi) is 4.11. The number of ether oxygens (including phenoxy) is 1. The van der Waals surface area contributed by atoms with Crippen molar-refractivity contribution in [2.45, 2.75) is 33.3 Å². The predicted octanol–water partition coefficient (Wildman–Crippen LogP) is 0.513. The van der Waals surface area contributed by atoms with E-state index in [-0.39, 0.29) is 23.3 Å². The van der Waals surface area contributed by atoms with Crippen molar-refractivity contribution in [3.63, 3.8) is 0 Å². The largest absolute Gasteiger partial charge is 0.378 e. The van der Waals surface area contributed by atoms with E-state index in [1.807, 2.05) is 20.8 Å². The van der Waals surface area contributed by atoms with Gasteiger partial charge < -0.3 is 15.8 Å². The van der Waals surface area contributed by atoms with Crippen LogP contribution in [0.1, 0.15) is 27.2 Å². The summed E-state index contributed by atoms with van der Waals surface area (Å²) in [4.78, 5) is 11.8. The van der Waals surface area contributed by atoms with Crippen LogP contribution in [-0.2, 0) is 9.53 Å². The van der Waals surface area contributed by atoms with E-state index < -0.39 is 0 Å². The lowest BCUT2D eigenvalue weighted by molar-refractivity contribution is -0.126. The third-order valence-corrected chi connectivity index (χ3v) is 3.01. The Hall–Kier alpha value is -0.610. The van der Waals surface area contributed by atoms with Gasteiger partial charge in [-0.3, -0.25) is 4.79 Å². The van der Waals surface area contributed by atoms with Gasteiger partial charge in [0.2, 0.25) is 5.91 Å². The molecule has 2 atom stereocenters. The summed E-state index contributed by atoms with van der Waals surface area (Å²) >= 11 is 0. The van der Waals surface area contributed by atoms with Gasteiger partial charge in [0.15, 0.2) is 0 Å². The number of hydrogen-bond donors (Lipinski definition) is 2. The van der Waals surface area contributed by atoms with Gasteiger partial charge in [-0.15, -0.1) is 0 Å². The molecule has 3 N–H and O–H groups in total. The van der Waals surface area contributed by atoms with E-state index in [4.69, 9.17) is 10.5 Å². The number of hydrogen-bond acceptors (Lipinski definition) is 3. The standard InChI is InChI=1S/C11H22N2O2/c1-8-9(4-5-15-8)10(14)13-7-11(2,3)6-12/h8-9H,4-7,12H2,1-3H3,(H,13,14). The van der Waals surface area contributed by atoms with Crippen molar-refractivity contribution in [2.24, 2.45) is 17.1 Å². The molecule has 88 valence electrons. The first-order valence-electron chi connectivity index (χ1n) is 5.56. The normalized spacial score (nSPS) is 26.7. The molecule has 1 aliphatic heterocycles. The molecule has 0 radical (unpaired) electrons. The van der Waals surface area contributed by atoms with E-state index in [1.54, 1.807) is 0 Å². The van der Waals surface area contributed by atoms with Crippen LogP contribution in [0.25, 0.3) is 0 Å². The van der Waals surface area contributed by atoms with Crippen LogP contribution in [-0.4, -0.2) is 31.7 Å². The fourth-order valence-electron chi connectivity index (χ4n) is 1.61. The highest BCUT2D eigenvalue weighted by atomic mass is 16.5. The Balaban J connectivity index is 2.36. The van der Waals surface area contributed by atoms with Crippen molar-refractivity contribution >= 4 is 5.91 Å². The van der Waals surface area contributed by atoms with Gasteiger partial charge in [-0.25, -0.2) is 0 Å². The first kappa shape index (κ1) is 12.5. The number of nitrogens with one attached hydrogen (secondary N) is 1. The van der Waals surface area contributed by atoms with Crippen molar-refractivity contribution in [2.75, 3.05) is 19.7 Å². The van der Waals surface area contributed by atoms with E-state index >= 15 is 0 Å². The topological polar surface area (TPSA) is 64.3 Å². The molecule has 0 aromatic heterocycles. The first-order chi connectivity index (χ1) is 6.96. The smallest absolute Gasteiger partial charge is 0.225 e. The molecule has 4 heteroatoms. The molecule has 1 heterocycles. The van der Waals surface area contributed by atoms with Crippen LogP contribution in [0.4, 0.5) is 0 Å². The van der Waals surface area contributed by atoms with Crippen LogP contribution in [0, 0.1) is 11.3 Å². The number of carbonyl (C=O) groups is 1. The fraction of sp³-hybridized carbons (Fsp3) is 0.909. The van der Waals surface area contributed by atoms with E-state index in [1.165, 1.54) is 0 Å². The van der Waals surface area contributed by atoms with E-state index in [0.717, 1.165) is 6.42 Å². The quantitative estimate of drug-likeness (QED) is 0.717. The van der Waals surface area contributed by atoms with Gasteiger partial charge >= 0.3 is 0 Å². The number of nitrogens with two attached hydrogens (primary N) is 1. The summed E-state index contributed by atoms with van der Waals surface area (Å²) in [6.45, 7) is 7.93. The first-order valence-corrected chi connectivity index (χ1v) is 5.56. The van der Waals surface area contributed by atoms with Crippen LogP contribution in [0.2, 0.25) is 0 Å². The summed E-state index contributed by atoms with van der Waals surface area (Å²) in [5.41, 5.74) is 5.57. The second-order valence-electron chi connectivity index (χ2n) is 5.06. The zero-order valence-electron chi connectivity index (χ0n) is 9.88. The average Bonchev–Trinajstić information content (AvgIpc) is 2.61. The van der Waals surface area contributed by atoms with Crippen molar-refractivity contribution in [1.82, 2.24) is 5.32 Å². The predicted molar refractivity (Wildman–Crippen MR) is 59.4 cm³/mol. The lowest BCUT2D eigenvalue weighted by Gasteiger charge is -2.24. The second-order valence-corrected chi connectivity index (χ2v) is 5.06. The van der Waals surface area contributed by atoms with Crippen LogP contribution in [0.5, 0.6) is 0 Å². The van der Waals surface area contributed by atoms with Crippen LogP contribution >= 0.6 is 0 Å². The molecule has 0 aromatic carbocycles. The molecular formula is C11H22N2O2. The monoisotopic (exact) mass is 214 g/mol. The zero-order valence-corrected chi connectivity index (χ0v) is 9.88. The lowest BCUT2D eigenvalue weighted by atomic mass is 9.93. The third-order valence-electron chi connectivity index (χ3n) is 3.01. The molecule has 1 amide bonds. The van der Waals surface area contributed by atoms with E-state index in [2.05, 4.69) is 5.32 Å². The maximum absolute atomic E-state index is 11.8. The van der Waals surface area contributed by atoms with Crippen molar-refractivity contribution in [1.29, 1.82) is 0 Å². The summed E-state index contributed by atoms with van der Waals surface area (Å²) in [6.07, 6.45) is 0.877. The van der Waals surface area contributed by atoms with Gasteiger partial charge in [-0.05, 0) is 25.3 Å². The van der Waals surface area contributed by atoms with Crippen LogP contribution < -0.4 is 11.1 Å². The van der Waals surface area contributed by atoms with Gasteiger partial charge in [0.1, 0.15) is 0 Å². The summed E-state index contributed by atoms with van der Waals surface area (Å²) in [5, 5.41) is 2.95. The highest BCUT2D eigenvalue weighted by Crippen LogP contribution is 2.20. The Morgan fingerprint density at radius 1 is 1.60 bits per heavy atom. The molecule has 15 heavy (non-hydrogen) atoms. The molecule has 1 fully saturated rings. The Morgan fingerprint density at radius 2 is 2.27 bits per heavy atom. The Bertz CT molecular complexity index is 229. The number of rotatable bonds is 4. The Morgan fingerprint density at radius 3 is 2.73 bits per heavy atom. The van der Waals surface area contributed by atoms with Crippen LogP contribution in [0.3, 0.4) is 0 Å². The molecule has 1 aliphatic rings. The minimum atomic E-state index is -0.0294. The second kappa shape index (κ2) is 4.94. The maximum atomic E-state index is 11.8. The summed E-state index contributed by atoms with van der Waals surface area (Å²) in [7, 11) is 0. The molecular weight excluding hydrogens is 192 g/mol. The molecule has 0 saturated carbocycles. The van der Waals surface area contributed by atoms with Gasteiger partial charge in [0.25, 0.3) is 0 Å². The van der Waals surface area contributed by atoms with Crippen LogP contribution in [0.15, 0.2) is 0 Å². The molecule has 0 spiro atoms. The van der Waals surface area contributed by atoms with E-state index in [0.29, 0.717) is 19.7 Å². The van der Waals surface area contributed by atoms with Crippen molar-refractivity contribution in [3.8, 4) is 0 Å². The summed E-state index contributed by atoms with van der Waals surface area (Å²) in [5.74, 6) is 0.111. The molecule has 1 rings (SSSR count). The van der Waals surface area contributed by atoms with Gasteiger partial charge in [-0.1, -0.05) is 13.8 Å². The average molecular weight is 214 g/mol. The number of amides is 1. The van der Waals surface area contributed by atoms with Crippen molar-refractivity contribution in [3.05, 3.63) is 0 Å². The summed E-state index contributed by atoms with van der Waals surface area (Å²) < 4.78 is 5.36.